The van der Waals surface area contributed by atoms with Crippen molar-refractivity contribution in [2.75, 3.05) is 13.2 Å². The van der Waals surface area contributed by atoms with E-state index in [1.54, 1.807) is 42.5 Å². The molecule has 8 nitrogen and oxygen atoms in total. The maximum absolute atomic E-state index is 12.6. The number of nitrogens with zero attached hydrogens (tertiary/aromatic N) is 1. The highest BCUT2D eigenvalue weighted by molar-refractivity contribution is 9.10. The Hall–Kier alpha value is -3.20. The SMILES string of the molecule is CCCCCCCCCC(=O)NCC(=O)NN=Cc1cc(Br)ccc1OC(=O)c1ccc(OCCC)cc1. The maximum Gasteiger partial charge on any atom is 0.343 e. The number of carbonyl (C=O) groups excluding carboxylic acids is 3. The van der Waals surface area contributed by atoms with Gasteiger partial charge in [-0.3, -0.25) is 9.59 Å². The number of unbranched alkanes of at least 4 members (excludes halogenated alkanes) is 6. The molecule has 2 aromatic carbocycles. The van der Waals surface area contributed by atoms with Crippen LogP contribution in [-0.4, -0.2) is 37.1 Å². The van der Waals surface area contributed by atoms with Gasteiger partial charge in [0.05, 0.1) is 24.9 Å². The van der Waals surface area contributed by atoms with Crippen LogP contribution in [0.15, 0.2) is 52.0 Å². The predicted octanol–water partition coefficient (Wildman–Crippen LogP) is 6.16. The van der Waals surface area contributed by atoms with Crippen molar-refractivity contribution in [3.8, 4) is 11.5 Å². The van der Waals surface area contributed by atoms with Gasteiger partial charge >= 0.3 is 5.97 Å². The molecule has 0 fully saturated rings. The number of amides is 2. The monoisotopic (exact) mass is 587 g/mol. The fourth-order valence-electron chi connectivity index (χ4n) is 3.50. The topological polar surface area (TPSA) is 106 Å². The minimum atomic E-state index is -0.531. The van der Waals surface area contributed by atoms with Gasteiger partial charge in [-0.1, -0.05) is 68.3 Å². The molecule has 0 aromatic heterocycles. The van der Waals surface area contributed by atoms with E-state index in [4.69, 9.17) is 9.47 Å². The highest BCUT2D eigenvalue weighted by Gasteiger charge is 2.12. The van der Waals surface area contributed by atoms with E-state index in [1.807, 2.05) is 6.92 Å². The molecule has 0 aliphatic heterocycles. The Morgan fingerprint density at radius 2 is 1.61 bits per heavy atom. The molecule has 0 spiro atoms. The first-order valence-corrected chi connectivity index (χ1v) is 14.1. The number of ether oxygens (including phenoxy) is 2. The average Bonchev–Trinajstić information content (AvgIpc) is 2.92. The zero-order valence-electron chi connectivity index (χ0n) is 22.3. The Balaban J connectivity index is 1.80. The van der Waals surface area contributed by atoms with Crippen LogP contribution < -0.4 is 20.2 Å². The molecular formula is C29H38BrN3O5. The largest absolute Gasteiger partial charge is 0.494 e. The molecule has 0 unspecified atom stereocenters. The van der Waals surface area contributed by atoms with Gasteiger partial charge in [-0.15, -0.1) is 0 Å². The van der Waals surface area contributed by atoms with Crippen LogP contribution in [0.4, 0.5) is 0 Å². The molecule has 0 heterocycles. The second-order valence-electron chi connectivity index (χ2n) is 8.89. The van der Waals surface area contributed by atoms with E-state index in [-0.39, 0.29) is 18.2 Å². The van der Waals surface area contributed by atoms with Crippen LogP contribution >= 0.6 is 15.9 Å². The standard InChI is InChI=1S/C29H38BrN3O5/c1-3-5-6-7-8-9-10-11-27(34)31-21-28(35)33-32-20-23-19-24(30)14-17-26(23)38-29(36)22-12-15-25(16-13-22)37-18-4-2/h12-17,19-20H,3-11,18,21H2,1-2H3,(H,31,34)(H,33,35). The Labute approximate surface area is 233 Å². The zero-order chi connectivity index (χ0) is 27.6. The Kier molecular flexibility index (Phi) is 14.8. The van der Waals surface area contributed by atoms with Crippen LogP contribution in [-0.2, 0) is 9.59 Å². The molecule has 0 bridgehead atoms. The van der Waals surface area contributed by atoms with Crippen molar-refractivity contribution in [1.82, 2.24) is 10.7 Å². The van der Waals surface area contributed by atoms with Crippen LogP contribution in [0.3, 0.4) is 0 Å². The second kappa shape index (κ2) is 18.1. The Morgan fingerprint density at radius 3 is 2.32 bits per heavy atom. The maximum atomic E-state index is 12.6. The summed E-state index contributed by atoms with van der Waals surface area (Å²) in [5, 5.41) is 6.56. The van der Waals surface area contributed by atoms with E-state index in [0.717, 1.165) is 30.2 Å². The summed E-state index contributed by atoms with van der Waals surface area (Å²) in [4.78, 5) is 36.7. The van der Waals surface area contributed by atoms with Gasteiger partial charge in [0.25, 0.3) is 5.91 Å². The van der Waals surface area contributed by atoms with E-state index in [1.165, 1.54) is 31.9 Å². The summed E-state index contributed by atoms with van der Waals surface area (Å²) >= 11 is 3.39. The number of hydrogen-bond donors (Lipinski definition) is 2. The van der Waals surface area contributed by atoms with Gasteiger partial charge in [0.15, 0.2) is 0 Å². The summed E-state index contributed by atoms with van der Waals surface area (Å²) in [6.45, 7) is 4.65. The van der Waals surface area contributed by atoms with E-state index in [2.05, 4.69) is 38.7 Å². The Bertz CT molecular complexity index is 1060. The number of esters is 1. The van der Waals surface area contributed by atoms with E-state index < -0.39 is 11.9 Å². The van der Waals surface area contributed by atoms with Gasteiger partial charge < -0.3 is 14.8 Å². The van der Waals surface area contributed by atoms with Crippen LogP contribution in [0.25, 0.3) is 0 Å². The van der Waals surface area contributed by atoms with Gasteiger partial charge in [-0.2, -0.15) is 5.10 Å². The molecule has 9 heteroatoms. The molecule has 2 rings (SSSR count). The van der Waals surface area contributed by atoms with Crippen molar-refractivity contribution in [2.45, 2.75) is 71.6 Å². The molecular weight excluding hydrogens is 550 g/mol. The molecule has 0 atom stereocenters. The lowest BCUT2D eigenvalue weighted by Gasteiger charge is -2.09. The van der Waals surface area contributed by atoms with Crippen LogP contribution in [0.1, 0.15) is 87.6 Å². The van der Waals surface area contributed by atoms with Gasteiger partial charge in [-0.25, -0.2) is 10.2 Å². The number of hydrogen-bond acceptors (Lipinski definition) is 6. The quantitative estimate of drug-likeness (QED) is 0.0757. The zero-order valence-corrected chi connectivity index (χ0v) is 23.8. The molecule has 0 aliphatic carbocycles. The summed E-state index contributed by atoms with van der Waals surface area (Å²) in [5.74, 6) is -0.163. The number of halogens is 1. The predicted molar refractivity (Wildman–Crippen MR) is 153 cm³/mol. The molecule has 0 saturated carbocycles. The minimum absolute atomic E-state index is 0.149. The van der Waals surface area contributed by atoms with Gasteiger partial charge in [0.1, 0.15) is 11.5 Å². The van der Waals surface area contributed by atoms with E-state index in [9.17, 15) is 14.4 Å². The number of hydrazone groups is 1. The lowest BCUT2D eigenvalue weighted by Crippen LogP contribution is -2.34. The number of carbonyl (C=O) groups is 3. The van der Waals surface area contributed by atoms with Crippen molar-refractivity contribution in [3.05, 3.63) is 58.1 Å². The second-order valence-corrected chi connectivity index (χ2v) is 9.80. The summed E-state index contributed by atoms with van der Waals surface area (Å²) < 4.78 is 11.8. The number of benzene rings is 2. The summed E-state index contributed by atoms with van der Waals surface area (Å²) in [6, 6.07) is 11.8. The van der Waals surface area contributed by atoms with Crippen molar-refractivity contribution in [1.29, 1.82) is 0 Å². The lowest BCUT2D eigenvalue weighted by molar-refractivity contribution is -0.126. The number of rotatable bonds is 17. The third-order valence-corrected chi connectivity index (χ3v) is 6.08. The normalized spacial score (nSPS) is 10.8. The fourth-order valence-corrected chi connectivity index (χ4v) is 3.88. The lowest BCUT2D eigenvalue weighted by atomic mass is 10.1. The molecule has 0 aliphatic rings. The first kappa shape index (κ1) is 31.0. The van der Waals surface area contributed by atoms with Crippen LogP contribution in [0.2, 0.25) is 0 Å². The van der Waals surface area contributed by atoms with E-state index >= 15 is 0 Å². The molecule has 0 saturated heterocycles. The van der Waals surface area contributed by atoms with E-state index in [0.29, 0.717) is 29.9 Å². The van der Waals surface area contributed by atoms with Crippen molar-refractivity contribution in [2.24, 2.45) is 5.10 Å². The first-order chi connectivity index (χ1) is 18.4. The minimum Gasteiger partial charge on any atom is -0.494 e. The van der Waals surface area contributed by atoms with Gasteiger partial charge in [-0.05, 0) is 55.3 Å². The average molecular weight is 589 g/mol. The van der Waals surface area contributed by atoms with Crippen LogP contribution in [0, 0.1) is 0 Å². The molecule has 0 radical (unpaired) electrons. The third-order valence-electron chi connectivity index (χ3n) is 5.58. The van der Waals surface area contributed by atoms with Crippen molar-refractivity contribution >= 4 is 39.9 Å². The fraction of sp³-hybridized carbons (Fsp3) is 0.448. The third kappa shape index (κ3) is 12.4. The van der Waals surface area contributed by atoms with Crippen molar-refractivity contribution < 1.29 is 23.9 Å². The summed E-state index contributed by atoms with van der Waals surface area (Å²) in [6.07, 6.45) is 10.6. The number of nitrogens with one attached hydrogen (secondary N) is 2. The molecule has 2 aromatic rings. The molecule has 38 heavy (non-hydrogen) atoms. The summed E-state index contributed by atoms with van der Waals surface area (Å²) in [5.41, 5.74) is 3.24. The van der Waals surface area contributed by atoms with Gasteiger partial charge in [0, 0.05) is 16.5 Å². The summed E-state index contributed by atoms with van der Waals surface area (Å²) in [7, 11) is 0. The van der Waals surface area contributed by atoms with Gasteiger partial charge in [0.2, 0.25) is 5.91 Å². The van der Waals surface area contributed by atoms with Crippen LogP contribution in [0.5, 0.6) is 11.5 Å². The smallest absolute Gasteiger partial charge is 0.343 e. The molecule has 206 valence electrons. The van der Waals surface area contributed by atoms with Crippen molar-refractivity contribution in [3.63, 3.8) is 0 Å². The molecule has 2 N–H and O–H groups in total. The molecule has 2 amide bonds. The highest BCUT2D eigenvalue weighted by Crippen LogP contribution is 2.23. The Morgan fingerprint density at radius 1 is 0.895 bits per heavy atom. The highest BCUT2D eigenvalue weighted by atomic mass is 79.9. The first-order valence-electron chi connectivity index (χ1n) is 13.3.